The summed E-state index contributed by atoms with van der Waals surface area (Å²) < 4.78 is 5.51. The van der Waals surface area contributed by atoms with Gasteiger partial charge in [0.25, 0.3) is 0 Å². The number of hydrogen-bond donors (Lipinski definition) is 1. The molecular weight excluding hydrogens is 520 g/mol. The highest BCUT2D eigenvalue weighted by atomic mass is 32.2. The van der Waals surface area contributed by atoms with E-state index in [0.29, 0.717) is 24.8 Å². The maximum atomic E-state index is 12.9. The Labute approximate surface area is 231 Å². The molecule has 0 aliphatic heterocycles. The van der Waals surface area contributed by atoms with Gasteiger partial charge in [-0.05, 0) is 43.5 Å². The van der Waals surface area contributed by atoms with Crippen molar-refractivity contribution < 1.29 is 33.2 Å². The molecule has 0 unspecified atom stereocenters. The minimum Gasteiger partial charge on any atom is -0.448 e. The van der Waals surface area contributed by atoms with E-state index >= 15 is 0 Å². The van der Waals surface area contributed by atoms with E-state index in [1.54, 1.807) is 18.0 Å². The fourth-order valence-corrected chi connectivity index (χ4v) is 4.63. The van der Waals surface area contributed by atoms with Gasteiger partial charge in [-0.1, -0.05) is 56.8 Å². The molecule has 0 saturated heterocycles. The molecule has 1 amide bonds. The second-order valence-electron chi connectivity index (χ2n) is 8.46. The standard InChI is InChI=1S/C27H32N2O3S.2CO2/c1-5-8-26-28-24(18-32-26)20-9-13-22(14-10-20)33-23-15-11-21(12-16-23)25(31)17-27(6-2,7-3)29-19(4)30;2*2-1-3/h9-16,18H,5-8,17H2,1-4H3,(H,29,30);;. The molecule has 0 aliphatic rings. The Morgan fingerprint density at radius 2 is 1.41 bits per heavy atom. The van der Waals surface area contributed by atoms with E-state index in [1.165, 1.54) is 6.92 Å². The Morgan fingerprint density at radius 3 is 1.87 bits per heavy atom. The molecule has 0 spiro atoms. The fourth-order valence-electron chi connectivity index (χ4n) is 3.81. The Kier molecular flexibility index (Phi) is 14.7. The number of aromatic nitrogens is 1. The van der Waals surface area contributed by atoms with Crippen molar-refractivity contribution >= 4 is 35.8 Å². The van der Waals surface area contributed by atoms with Crippen LogP contribution < -0.4 is 5.32 Å². The summed E-state index contributed by atoms with van der Waals surface area (Å²) in [6, 6.07) is 15.9. The van der Waals surface area contributed by atoms with Gasteiger partial charge in [-0.15, -0.1) is 0 Å². The normalized spacial score (nSPS) is 10.1. The van der Waals surface area contributed by atoms with Gasteiger partial charge in [0.1, 0.15) is 12.0 Å². The molecule has 0 bridgehead atoms. The van der Waals surface area contributed by atoms with Crippen LogP contribution in [0.25, 0.3) is 11.3 Å². The van der Waals surface area contributed by atoms with Crippen molar-refractivity contribution in [2.24, 2.45) is 0 Å². The predicted octanol–water partition coefficient (Wildman–Crippen LogP) is 5.55. The van der Waals surface area contributed by atoms with Gasteiger partial charge in [-0.3, -0.25) is 9.59 Å². The zero-order chi connectivity index (χ0) is 29.3. The first-order valence-corrected chi connectivity index (χ1v) is 13.2. The van der Waals surface area contributed by atoms with Crippen LogP contribution in [-0.2, 0) is 30.4 Å². The Hall–Kier alpha value is -4.10. The lowest BCUT2D eigenvalue weighted by Gasteiger charge is -2.32. The number of carbonyl (C=O) groups is 2. The van der Waals surface area contributed by atoms with Crippen molar-refractivity contribution in [1.29, 1.82) is 0 Å². The minimum absolute atomic E-state index is 0.0448. The largest absolute Gasteiger partial charge is 0.448 e. The molecule has 0 atom stereocenters. The lowest BCUT2D eigenvalue weighted by Crippen LogP contribution is -2.48. The first-order chi connectivity index (χ1) is 18.7. The predicted molar refractivity (Wildman–Crippen MR) is 143 cm³/mol. The lowest BCUT2D eigenvalue weighted by molar-refractivity contribution is -0.193. The molecule has 10 heteroatoms. The van der Waals surface area contributed by atoms with E-state index < -0.39 is 5.54 Å². The van der Waals surface area contributed by atoms with Crippen molar-refractivity contribution in [3.8, 4) is 11.3 Å². The van der Waals surface area contributed by atoms with E-state index in [4.69, 9.17) is 23.6 Å². The Balaban J connectivity index is 0.00000116. The topological polar surface area (TPSA) is 140 Å². The van der Waals surface area contributed by atoms with E-state index in [1.807, 2.05) is 50.2 Å². The molecule has 2 aromatic carbocycles. The summed E-state index contributed by atoms with van der Waals surface area (Å²) in [4.78, 5) is 63.7. The van der Waals surface area contributed by atoms with E-state index in [-0.39, 0.29) is 24.0 Å². The molecule has 9 nitrogen and oxygen atoms in total. The van der Waals surface area contributed by atoms with Gasteiger partial charge >= 0.3 is 12.3 Å². The van der Waals surface area contributed by atoms with Gasteiger partial charge in [0.2, 0.25) is 5.91 Å². The molecule has 1 N–H and O–H groups in total. The molecule has 206 valence electrons. The van der Waals surface area contributed by atoms with Gasteiger partial charge in [0.15, 0.2) is 11.7 Å². The quantitative estimate of drug-likeness (QED) is 0.303. The summed E-state index contributed by atoms with van der Waals surface area (Å²) >= 11 is 1.64. The first kappa shape index (κ1) is 32.9. The van der Waals surface area contributed by atoms with Crippen molar-refractivity contribution in [3.05, 3.63) is 66.2 Å². The van der Waals surface area contributed by atoms with Crippen LogP contribution in [0.5, 0.6) is 0 Å². The van der Waals surface area contributed by atoms with Gasteiger partial charge in [0, 0.05) is 46.2 Å². The maximum Gasteiger partial charge on any atom is 0.373 e. The average Bonchev–Trinajstić information content (AvgIpc) is 3.38. The third kappa shape index (κ3) is 11.0. The van der Waals surface area contributed by atoms with Crippen LogP contribution in [0, 0.1) is 0 Å². The van der Waals surface area contributed by atoms with E-state index in [2.05, 4.69) is 29.4 Å². The van der Waals surface area contributed by atoms with E-state index in [9.17, 15) is 9.59 Å². The minimum atomic E-state index is -0.487. The second-order valence-corrected chi connectivity index (χ2v) is 9.61. The lowest BCUT2D eigenvalue weighted by atomic mass is 9.85. The molecule has 0 radical (unpaired) electrons. The number of hydrogen-bond acceptors (Lipinski definition) is 9. The number of carbonyl (C=O) groups excluding carboxylic acids is 6. The summed E-state index contributed by atoms with van der Waals surface area (Å²) in [6.07, 6.45) is 5.79. The highest BCUT2D eigenvalue weighted by Crippen LogP contribution is 2.30. The molecule has 0 fully saturated rings. The molecule has 39 heavy (non-hydrogen) atoms. The summed E-state index contributed by atoms with van der Waals surface area (Å²) in [6.45, 7) is 7.61. The molecule has 1 aromatic heterocycles. The molecular formula is C29H32N2O7S. The van der Waals surface area contributed by atoms with Crippen LogP contribution in [0.4, 0.5) is 0 Å². The van der Waals surface area contributed by atoms with Crippen LogP contribution in [0.15, 0.2) is 69.0 Å². The SMILES string of the molecule is CCCc1nc(-c2ccc(Sc3ccc(C(=O)CC(CC)(CC)NC(C)=O)cc3)cc2)co1.O=C=O.O=C=O. The number of aryl methyl sites for hydroxylation is 1. The van der Waals surface area contributed by atoms with Crippen LogP contribution in [-0.4, -0.2) is 34.5 Å². The van der Waals surface area contributed by atoms with Crippen molar-refractivity contribution in [2.75, 3.05) is 0 Å². The molecule has 0 aliphatic carbocycles. The van der Waals surface area contributed by atoms with E-state index in [0.717, 1.165) is 39.8 Å². The number of benzene rings is 2. The van der Waals surface area contributed by atoms with Gasteiger partial charge < -0.3 is 9.73 Å². The van der Waals surface area contributed by atoms with Crippen molar-refractivity contribution in [2.45, 2.75) is 75.1 Å². The maximum absolute atomic E-state index is 12.9. The fraction of sp³-hybridized carbons (Fsp3) is 0.345. The summed E-state index contributed by atoms with van der Waals surface area (Å²) in [7, 11) is 0. The summed E-state index contributed by atoms with van der Waals surface area (Å²) in [5.74, 6) is 0.713. The van der Waals surface area contributed by atoms with Gasteiger partial charge in [-0.25, -0.2) is 4.98 Å². The van der Waals surface area contributed by atoms with Crippen LogP contribution in [0.3, 0.4) is 0 Å². The number of ketones is 1. The molecule has 3 aromatic rings. The summed E-state index contributed by atoms with van der Waals surface area (Å²) in [5.41, 5.74) is 2.06. The zero-order valence-corrected chi connectivity index (χ0v) is 23.3. The Morgan fingerprint density at radius 1 is 0.897 bits per heavy atom. The number of nitrogens with one attached hydrogen (secondary N) is 1. The number of Topliss-reactive ketones (excluding diaryl/α,β-unsaturated/α-hetero) is 1. The van der Waals surface area contributed by atoms with Gasteiger partial charge in [0.05, 0.1) is 0 Å². The number of amides is 1. The average molecular weight is 553 g/mol. The van der Waals surface area contributed by atoms with Crippen molar-refractivity contribution in [1.82, 2.24) is 10.3 Å². The zero-order valence-electron chi connectivity index (χ0n) is 22.4. The van der Waals surface area contributed by atoms with Crippen LogP contribution in [0.2, 0.25) is 0 Å². The highest BCUT2D eigenvalue weighted by molar-refractivity contribution is 7.99. The monoisotopic (exact) mass is 552 g/mol. The third-order valence-corrected chi connectivity index (χ3v) is 6.89. The second kappa shape index (κ2) is 17.4. The molecule has 1 heterocycles. The number of rotatable bonds is 11. The number of oxazole rings is 1. The first-order valence-electron chi connectivity index (χ1n) is 12.3. The molecule has 3 rings (SSSR count). The summed E-state index contributed by atoms with van der Waals surface area (Å²) in [5, 5.41) is 2.99. The van der Waals surface area contributed by atoms with Gasteiger partial charge in [-0.2, -0.15) is 19.2 Å². The smallest absolute Gasteiger partial charge is 0.373 e. The van der Waals surface area contributed by atoms with Crippen LogP contribution >= 0.6 is 11.8 Å². The third-order valence-electron chi connectivity index (χ3n) is 5.87. The van der Waals surface area contributed by atoms with Crippen molar-refractivity contribution in [3.63, 3.8) is 0 Å². The number of nitrogens with zero attached hydrogens (tertiary/aromatic N) is 1. The Bertz CT molecular complexity index is 1240. The highest BCUT2D eigenvalue weighted by Gasteiger charge is 2.30. The molecule has 0 saturated carbocycles. The van der Waals surface area contributed by atoms with Crippen LogP contribution in [0.1, 0.15) is 69.6 Å².